The molecule has 0 aromatic heterocycles. The molecule has 1 N–H and O–H groups in total. The van der Waals surface area contributed by atoms with E-state index < -0.39 is 5.97 Å². The van der Waals surface area contributed by atoms with Gasteiger partial charge in [-0.2, -0.15) is 0 Å². The van der Waals surface area contributed by atoms with Gasteiger partial charge in [-0.1, -0.05) is 17.3 Å². The highest BCUT2D eigenvalue weighted by atomic mass is 16.7. The molecule has 0 fully saturated rings. The van der Waals surface area contributed by atoms with E-state index in [0.29, 0.717) is 11.3 Å². The van der Waals surface area contributed by atoms with Crippen LogP contribution in [0.5, 0.6) is 5.75 Å². The van der Waals surface area contributed by atoms with Gasteiger partial charge in [-0.25, -0.2) is 4.79 Å². The summed E-state index contributed by atoms with van der Waals surface area (Å²) in [5.74, 6) is -0.317. The fraction of sp³-hybridized carbons (Fsp3) is 0.200. The molecule has 128 valence electrons. The molecule has 25 heavy (non-hydrogen) atoms. The molecule has 5 nitrogen and oxygen atoms in total. The summed E-state index contributed by atoms with van der Waals surface area (Å²) in [6.45, 7) is 6.13. The van der Waals surface area contributed by atoms with Gasteiger partial charge in [0, 0.05) is 24.3 Å². The van der Waals surface area contributed by atoms with Crippen LogP contribution in [0.1, 0.15) is 25.0 Å². The Balaban J connectivity index is 1.89. The molecule has 0 aliphatic carbocycles. The van der Waals surface area contributed by atoms with Crippen molar-refractivity contribution in [3.63, 3.8) is 0 Å². The molecular formula is C20H20N2O3. The second-order valence-electron chi connectivity index (χ2n) is 5.69. The standard InChI is InChI=1S/C20H20N2O3/c1-3-22(4-2)16-9-5-14(6-10-16)13-18-19(21-25-20(18)24)15-7-11-17(23)12-8-15/h5-13,23H,3-4H2,1-2H3/b18-13-. The molecule has 2 aromatic rings. The first-order chi connectivity index (χ1) is 12.1. The lowest BCUT2D eigenvalue weighted by Crippen LogP contribution is -2.21. The quantitative estimate of drug-likeness (QED) is 0.669. The topological polar surface area (TPSA) is 62.1 Å². The first kappa shape index (κ1) is 16.8. The lowest BCUT2D eigenvalue weighted by Gasteiger charge is -2.20. The smallest absolute Gasteiger partial charge is 0.368 e. The van der Waals surface area contributed by atoms with Crippen LogP contribution >= 0.6 is 0 Å². The molecule has 0 atom stereocenters. The molecule has 0 spiro atoms. The number of aromatic hydroxyl groups is 1. The molecule has 1 aliphatic rings. The zero-order valence-corrected chi connectivity index (χ0v) is 14.3. The summed E-state index contributed by atoms with van der Waals surface area (Å²) in [4.78, 5) is 19.1. The molecule has 1 aliphatic heterocycles. The summed E-state index contributed by atoms with van der Waals surface area (Å²) in [6, 6.07) is 14.5. The van der Waals surface area contributed by atoms with E-state index in [2.05, 4.69) is 23.9 Å². The Labute approximate surface area is 146 Å². The number of hydrogen-bond donors (Lipinski definition) is 1. The van der Waals surface area contributed by atoms with E-state index in [0.717, 1.165) is 29.9 Å². The molecular weight excluding hydrogens is 316 g/mol. The lowest BCUT2D eigenvalue weighted by atomic mass is 10.0. The number of phenols is 1. The van der Waals surface area contributed by atoms with Crippen molar-refractivity contribution in [2.45, 2.75) is 13.8 Å². The van der Waals surface area contributed by atoms with Gasteiger partial charge in [0.05, 0.1) is 5.57 Å². The van der Waals surface area contributed by atoms with Crippen LogP contribution in [-0.4, -0.2) is 29.9 Å². The highest BCUT2D eigenvalue weighted by molar-refractivity contribution is 6.31. The normalized spacial score (nSPS) is 15.2. The molecule has 0 saturated heterocycles. The zero-order valence-electron chi connectivity index (χ0n) is 14.3. The third-order valence-corrected chi connectivity index (χ3v) is 4.17. The van der Waals surface area contributed by atoms with E-state index in [-0.39, 0.29) is 5.75 Å². The van der Waals surface area contributed by atoms with Crippen molar-refractivity contribution in [2.75, 3.05) is 18.0 Å². The van der Waals surface area contributed by atoms with E-state index >= 15 is 0 Å². The minimum absolute atomic E-state index is 0.159. The summed E-state index contributed by atoms with van der Waals surface area (Å²) in [5, 5.41) is 13.3. The minimum atomic E-state index is -0.476. The van der Waals surface area contributed by atoms with E-state index in [1.165, 1.54) is 0 Å². The number of oxime groups is 1. The fourth-order valence-electron chi connectivity index (χ4n) is 2.77. The van der Waals surface area contributed by atoms with Crippen molar-refractivity contribution in [1.29, 1.82) is 0 Å². The van der Waals surface area contributed by atoms with Crippen LogP contribution in [0.25, 0.3) is 6.08 Å². The second-order valence-corrected chi connectivity index (χ2v) is 5.69. The molecule has 3 rings (SSSR count). The summed E-state index contributed by atoms with van der Waals surface area (Å²) < 4.78 is 0. The summed E-state index contributed by atoms with van der Waals surface area (Å²) >= 11 is 0. The Kier molecular flexibility index (Phi) is 4.84. The Morgan fingerprint density at radius 1 is 1.04 bits per heavy atom. The largest absolute Gasteiger partial charge is 0.508 e. The summed E-state index contributed by atoms with van der Waals surface area (Å²) in [5.41, 5.74) is 3.64. The summed E-state index contributed by atoms with van der Waals surface area (Å²) in [7, 11) is 0. The van der Waals surface area contributed by atoms with Crippen molar-refractivity contribution in [3.8, 4) is 5.75 Å². The molecule has 2 aromatic carbocycles. The van der Waals surface area contributed by atoms with Crippen LogP contribution < -0.4 is 4.90 Å². The van der Waals surface area contributed by atoms with Crippen LogP contribution in [0.4, 0.5) is 5.69 Å². The number of nitrogens with zero attached hydrogens (tertiary/aromatic N) is 2. The van der Waals surface area contributed by atoms with Crippen molar-refractivity contribution in [2.24, 2.45) is 5.16 Å². The Bertz CT molecular complexity index is 817. The molecule has 0 saturated carbocycles. The predicted molar refractivity (Wildman–Crippen MR) is 98.7 cm³/mol. The maximum atomic E-state index is 12.0. The van der Waals surface area contributed by atoms with E-state index in [9.17, 15) is 9.90 Å². The average molecular weight is 336 g/mol. The van der Waals surface area contributed by atoms with Gasteiger partial charge in [-0.15, -0.1) is 0 Å². The molecule has 0 amide bonds. The highest BCUT2D eigenvalue weighted by Gasteiger charge is 2.26. The third-order valence-electron chi connectivity index (χ3n) is 4.17. The van der Waals surface area contributed by atoms with Crippen molar-refractivity contribution >= 4 is 23.4 Å². The predicted octanol–water partition coefficient (Wildman–Crippen LogP) is 3.58. The van der Waals surface area contributed by atoms with Gasteiger partial charge in [0.25, 0.3) is 0 Å². The number of carbonyl (C=O) groups excluding carboxylic acids is 1. The fourth-order valence-corrected chi connectivity index (χ4v) is 2.77. The van der Waals surface area contributed by atoms with Gasteiger partial charge < -0.3 is 14.8 Å². The number of carbonyl (C=O) groups is 1. The maximum absolute atomic E-state index is 12.0. The second kappa shape index (κ2) is 7.21. The van der Waals surface area contributed by atoms with E-state index in [4.69, 9.17) is 4.84 Å². The number of hydrogen-bond acceptors (Lipinski definition) is 5. The Morgan fingerprint density at radius 3 is 2.28 bits per heavy atom. The van der Waals surface area contributed by atoms with Gasteiger partial charge in [0.15, 0.2) is 0 Å². The first-order valence-corrected chi connectivity index (χ1v) is 8.28. The van der Waals surface area contributed by atoms with Gasteiger partial charge in [-0.05, 0) is 61.9 Å². The van der Waals surface area contributed by atoms with Crippen LogP contribution in [0.15, 0.2) is 59.3 Å². The monoisotopic (exact) mass is 336 g/mol. The van der Waals surface area contributed by atoms with E-state index in [1.807, 2.05) is 24.3 Å². The zero-order chi connectivity index (χ0) is 17.8. The van der Waals surface area contributed by atoms with Crippen LogP contribution in [-0.2, 0) is 9.63 Å². The number of rotatable bonds is 5. The SMILES string of the molecule is CCN(CC)c1ccc(/C=C2\C(=O)ON=C2c2ccc(O)cc2)cc1. The highest BCUT2D eigenvalue weighted by Crippen LogP contribution is 2.23. The van der Waals surface area contributed by atoms with Crippen LogP contribution in [0, 0.1) is 0 Å². The first-order valence-electron chi connectivity index (χ1n) is 8.28. The average Bonchev–Trinajstić information content (AvgIpc) is 2.99. The number of phenolic OH excluding ortho intramolecular Hbond substituents is 1. The maximum Gasteiger partial charge on any atom is 0.368 e. The van der Waals surface area contributed by atoms with Gasteiger partial charge in [0.1, 0.15) is 11.5 Å². The Morgan fingerprint density at radius 2 is 1.68 bits per heavy atom. The lowest BCUT2D eigenvalue weighted by molar-refractivity contribution is -0.136. The van der Waals surface area contributed by atoms with Crippen molar-refractivity contribution in [3.05, 3.63) is 65.2 Å². The van der Waals surface area contributed by atoms with Gasteiger partial charge in [0.2, 0.25) is 0 Å². The van der Waals surface area contributed by atoms with Crippen LogP contribution in [0.2, 0.25) is 0 Å². The van der Waals surface area contributed by atoms with Gasteiger partial charge in [-0.3, -0.25) is 0 Å². The molecule has 0 unspecified atom stereocenters. The van der Waals surface area contributed by atoms with E-state index in [1.54, 1.807) is 30.3 Å². The molecule has 1 heterocycles. The number of benzene rings is 2. The number of anilines is 1. The molecule has 0 bridgehead atoms. The van der Waals surface area contributed by atoms with Gasteiger partial charge >= 0.3 is 5.97 Å². The third kappa shape index (κ3) is 3.55. The summed E-state index contributed by atoms with van der Waals surface area (Å²) in [6.07, 6.45) is 1.77. The minimum Gasteiger partial charge on any atom is -0.508 e. The molecule has 0 radical (unpaired) electrons. The van der Waals surface area contributed by atoms with Crippen LogP contribution in [0.3, 0.4) is 0 Å². The molecule has 5 heteroatoms. The van der Waals surface area contributed by atoms with Crippen molar-refractivity contribution < 1.29 is 14.7 Å². The van der Waals surface area contributed by atoms with Crippen molar-refractivity contribution in [1.82, 2.24) is 0 Å². The Hall–Kier alpha value is -3.08.